The number of anilines is 1. The predicted octanol–water partition coefficient (Wildman–Crippen LogP) is 3.11. The summed E-state index contributed by atoms with van der Waals surface area (Å²) in [6.07, 6.45) is 9.65. The van der Waals surface area contributed by atoms with Crippen LogP contribution in [0.15, 0.2) is 36.5 Å². The molecule has 0 bridgehead atoms. The largest absolute Gasteiger partial charge is 0.494 e. The number of hydrogen-bond acceptors (Lipinski definition) is 6. The zero-order valence-electron chi connectivity index (χ0n) is 18.0. The number of methoxy groups -OCH3 is 1. The quantitative estimate of drug-likeness (QED) is 0.446. The van der Waals surface area contributed by atoms with Gasteiger partial charge in [-0.3, -0.25) is 0 Å². The van der Waals surface area contributed by atoms with Crippen LogP contribution in [0.25, 0.3) is 22.4 Å². The maximum Gasteiger partial charge on any atom is 0.144 e. The third kappa shape index (κ3) is 4.09. The molecule has 4 rings (SSSR count). The maximum absolute atomic E-state index is 8.99. The first-order valence-corrected chi connectivity index (χ1v) is 10.6. The second-order valence-electron chi connectivity index (χ2n) is 7.67. The van der Waals surface area contributed by atoms with Crippen molar-refractivity contribution < 1.29 is 14.6 Å². The van der Waals surface area contributed by atoms with Gasteiger partial charge in [0.25, 0.3) is 0 Å². The van der Waals surface area contributed by atoms with Crippen molar-refractivity contribution in [2.24, 2.45) is 0 Å². The average Bonchev–Trinajstić information content (AvgIpc) is 3.37. The number of rotatable bonds is 8. The second kappa shape index (κ2) is 9.38. The summed E-state index contributed by atoms with van der Waals surface area (Å²) < 4.78 is 13.2. The van der Waals surface area contributed by atoms with Crippen molar-refractivity contribution >= 4 is 16.9 Å². The van der Waals surface area contributed by atoms with Crippen LogP contribution in [0.3, 0.4) is 0 Å². The monoisotopic (exact) mass is 420 g/mol. The molecular weight excluding hydrogens is 392 g/mol. The molecule has 0 aliphatic carbocycles. The minimum absolute atomic E-state index is 0.000188. The lowest BCUT2D eigenvalue weighted by molar-refractivity contribution is 0.0876. The van der Waals surface area contributed by atoms with Crippen LogP contribution in [0.2, 0.25) is 0 Å². The van der Waals surface area contributed by atoms with Gasteiger partial charge in [0, 0.05) is 24.3 Å². The molecule has 3 aromatic rings. The molecule has 0 amide bonds. The van der Waals surface area contributed by atoms with Crippen LogP contribution in [-0.2, 0) is 11.3 Å². The van der Waals surface area contributed by atoms with Crippen LogP contribution in [0, 0.1) is 12.3 Å². The summed E-state index contributed by atoms with van der Waals surface area (Å²) in [6.45, 7) is 3.53. The number of fused-ring (bicyclic) bond motifs is 1. The van der Waals surface area contributed by atoms with E-state index in [0.717, 1.165) is 46.8 Å². The fourth-order valence-electron chi connectivity index (χ4n) is 4.28. The van der Waals surface area contributed by atoms with Gasteiger partial charge >= 0.3 is 0 Å². The lowest BCUT2D eigenvalue weighted by Crippen LogP contribution is -2.34. The summed E-state index contributed by atoms with van der Waals surface area (Å²) in [5.74, 6) is 5.33. The van der Waals surface area contributed by atoms with E-state index in [2.05, 4.69) is 22.3 Å². The number of pyridine rings is 1. The van der Waals surface area contributed by atoms with Gasteiger partial charge in [-0.25, -0.2) is 9.97 Å². The highest BCUT2D eigenvalue weighted by atomic mass is 16.5. The van der Waals surface area contributed by atoms with Gasteiger partial charge in [-0.2, -0.15) is 0 Å². The van der Waals surface area contributed by atoms with Gasteiger partial charge in [0.05, 0.1) is 38.5 Å². The number of nitrogens with zero attached hydrogens (tertiary/aromatic N) is 4. The summed E-state index contributed by atoms with van der Waals surface area (Å²) in [7, 11) is 1.66. The van der Waals surface area contributed by atoms with Crippen LogP contribution >= 0.6 is 0 Å². The number of hydrogen-bond donors (Lipinski definition) is 1. The molecule has 7 nitrogen and oxygen atoms in total. The van der Waals surface area contributed by atoms with Crippen LogP contribution in [0.4, 0.5) is 5.82 Å². The van der Waals surface area contributed by atoms with Crippen LogP contribution in [-0.4, -0.2) is 58.7 Å². The number of benzene rings is 1. The predicted molar refractivity (Wildman–Crippen MR) is 121 cm³/mol. The minimum Gasteiger partial charge on any atom is -0.494 e. The Hall–Kier alpha value is -3.08. The number of para-hydroxylation sites is 1. The summed E-state index contributed by atoms with van der Waals surface area (Å²) in [5.41, 5.74) is 2.67. The molecule has 1 aliphatic heterocycles. The molecule has 0 unspecified atom stereocenters. The Balaban J connectivity index is 1.70. The summed E-state index contributed by atoms with van der Waals surface area (Å²) in [5, 5.41) is 8.99. The van der Waals surface area contributed by atoms with Crippen molar-refractivity contribution in [3.05, 3.63) is 36.5 Å². The zero-order valence-corrected chi connectivity index (χ0v) is 18.0. The molecule has 0 saturated carbocycles. The molecule has 3 heterocycles. The lowest BCUT2D eigenvalue weighted by Gasteiger charge is -2.26. The summed E-state index contributed by atoms with van der Waals surface area (Å²) >= 11 is 0. The molecule has 2 atom stereocenters. The molecule has 0 spiro atoms. The van der Waals surface area contributed by atoms with Crippen molar-refractivity contribution in [2.45, 2.75) is 38.4 Å². The van der Waals surface area contributed by atoms with Crippen molar-refractivity contribution in [3.63, 3.8) is 0 Å². The Morgan fingerprint density at radius 3 is 2.81 bits per heavy atom. The van der Waals surface area contributed by atoms with Crippen molar-refractivity contribution in [1.29, 1.82) is 0 Å². The first-order chi connectivity index (χ1) is 15.2. The SMILES string of the molecule is C#C[C@H]1CC[C@H](C)N1c1ccc(-c2nc3cccc(OC)c3n2CCOCCO)cn1. The smallest absolute Gasteiger partial charge is 0.144 e. The first-order valence-electron chi connectivity index (χ1n) is 10.6. The van der Waals surface area contributed by atoms with E-state index in [1.807, 2.05) is 36.5 Å². The highest BCUT2D eigenvalue weighted by molar-refractivity contribution is 5.86. The minimum atomic E-state index is -0.000188. The van der Waals surface area contributed by atoms with E-state index in [9.17, 15) is 0 Å². The van der Waals surface area contributed by atoms with Crippen LogP contribution in [0.5, 0.6) is 5.75 Å². The van der Waals surface area contributed by atoms with Crippen molar-refractivity contribution in [1.82, 2.24) is 14.5 Å². The Labute approximate surface area is 182 Å². The zero-order chi connectivity index (χ0) is 21.8. The van der Waals surface area contributed by atoms with E-state index < -0.39 is 0 Å². The standard InChI is InChI=1S/C24H28N4O3/c1-4-19-10-8-17(2)28(19)22-11-9-18(16-25-22)24-26-20-6-5-7-21(30-3)23(20)27(24)12-14-31-15-13-29/h1,5-7,9,11,16-17,19,29H,8,10,12-15H2,2-3H3/t17-,19-/m0/s1. The molecule has 1 aliphatic rings. The number of aromatic nitrogens is 3. The molecule has 162 valence electrons. The molecule has 31 heavy (non-hydrogen) atoms. The molecule has 1 fully saturated rings. The van der Waals surface area contributed by atoms with Gasteiger partial charge < -0.3 is 24.0 Å². The van der Waals surface area contributed by atoms with E-state index >= 15 is 0 Å². The molecule has 1 N–H and O–H groups in total. The number of imidazole rings is 1. The fraction of sp³-hybridized carbons (Fsp3) is 0.417. The third-order valence-corrected chi connectivity index (χ3v) is 5.78. The highest BCUT2D eigenvalue weighted by Gasteiger charge is 2.30. The van der Waals surface area contributed by atoms with Crippen molar-refractivity contribution in [2.75, 3.05) is 31.8 Å². The third-order valence-electron chi connectivity index (χ3n) is 5.78. The van der Waals surface area contributed by atoms with Crippen molar-refractivity contribution in [3.8, 4) is 29.5 Å². The van der Waals surface area contributed by atoms with Crippen LogP contribution < -0.4 is 9.64 Å². The van der Waals surface area contributed by atoms with Gasteiger partial charge in [0.15, 0.2) is 0 Å². The Morgan fingerprint density at radius 1 is 1.23 bits per heavy atom. The van der Waals surface area contributed by atoms with Gasteiger partial charge in [-0.05, 0) is 44.0 Å². The van der Waals surface area contributed by atoms with Crippen LogP contribution in [0.1, 0.15) is 19.8 Å². The number of aliphatic hydroxyl groups excluding tert-OH is 1. The number of ether oxygens (including phenoxy) is 2. The highest BCUT2D eigenvalue weighted by Crippen LogP contribution is 2.33. The Morgan fingerprint density at radius 2 is 2.10 bits per heavy atom. The lowest BCUT2D eigenvalue weighted by atomic mass is 10.2. The second-order valence-corrected chi connectivity index (χ2v) is 7.67. The Kier molecular flexibility index (Phi) is 6.40. The number of aliphatic hydroxyl groups is 1. The molecule has 2 aromatic heterocycles. The van der Waals surface area contributed by atoms with Gasteiger partial charge in [-0.1, -0.05) is 12.0 Å². The van der Waals surface area contributed by atoms with E-state index in [-0.39, 0.29) is 12.6 Å². The summed E-state index contributed by atoms with van der Waals surface area (Å²) in [4.78, 5) is 11.8. The van der Waals surface area contributed by atoms with Gasteiger partial charge in [0.2, 0.25) is 0 Å². The maximum atomic E-state index is 8.99. The van der Waals surface area contributed by atoms with E-state index in [1.165, 1.54) is 0 Å². The summed E-state index contributed by atoms with van der Waals surface area (Å²) in [6, 6.07) is 10.3. The average molecular weight is 421 g/mol. The Bertz CT molecular complexity index is 1070. The molecule has 1 saturated heterocycles. The molecule has 1 aromatic carbocycles. The van der Waals surface area contributed by atoms with Gasteiger partial charge in [0.1, 0.15) is 22.9 Å². The number of terminal acetylenes is 1. The topological polar surface area (TPSA) is 72.6 Å². The normalized spacial score (nSPS) is 18.5. The molecular formula is C24H28N4O3. The van der Waals surface area contributed by atoms with E-state index in [0.29, 0.717) is 25.8 Å². The first kappa shape index (κ1) is 21.2. The van der Waals surface area contributed by atoms with E-state index in [1.54, 1.807) is 7.11 Å². The fourth-order valence-corrected chi connectivity index (χ4v) is 4.28. The molecule has 0 radical (unpaired) electrons. The van der Waals surface area contributed by atoms with Gasteiger partial charge in [-0.15, -0.1) is 6.42 Å². The molecule has 7 heteroatoms. The van der Waals surface area contributed by atoms with E-state index in [4.69, 9.17) is 31.0 Å².